The molecule has 6 nitrogen and oxygen atoms in total. The molecule has 2 aromatic rings. The zero-order valence-electron chi connectivity index (χ0n) is 12.5. The lowest BCUT2D eigenvalue weighted by Crippen LogP contribution is -2.29. The van der Waals surface area contributed by atoms with E-state index in [9.17, 15) is 18.0 Å². The van der Waals surface area contributed by atoms with Gasteiger partial charge in [-0.1, -0.05) is 11.6 Å². The standard InChI is InChI=1S/C14H14ClF3N4O2/c1-22-12(10(15)7-20-22)9-6-8(21-13(23)14(16,17)18)2-3-11(9)24-5-4-19/h2-3,6-7H,4-5,19H2,1H3,(H,21,23). The summed E-state index contributed by atoms with van der Waals surface area (Å²) in [6.07, 6.45) is -3.59. The van der Waals surface area contributed by atoms with E-state index in [4.69, 9.17) is 22.1 Å². The van der Waals surface area contributed by atoms with E-state index in [1.165, 1.54) is 29.1 Å². The molecule has 0 radical (unpaired) electrons. The molecule has 0 saturated carbocycles. The number of nitrogens with zero attached hydrogens (tertiary/aromatic N) is 2. The molecule has 0 aliphatic rings. The van der Waals surface area contributed by atoms with Crippen LogP contribution >= 0.6 is 11.6 Å². The third kappa shape index (κ3) is 3.98. The Kier molecular flexibility index (Phi) is 5.35. The summed E-state index contributed by atoms with van der Waals surface area (Å²) in [5.74, 6) is -1.71. The van der Waals surface area contributed by atoms with Gasteiger partial charge in [0.1, 0.15) is 12.4 Å². The molecule has 10 heteroatoms. The molecule has 0 aliphatic carbocycles. The SMILES string of the molecule is Cn1ncc(Cl)c1-c1cc(NC(=O)C(F)(F)F)ccc1OCCN. The molecule has 1 heterocycles. The van der Waals surface area contributed by atoms with Crippen molar-refractivity contribution in [3.63, 3.8) is 0 Å². The predicted molar refractivity (Wildman–Crippen MR) is 82.9 cm³/mol. The number of nitrogens with two attached hydrogens (primary N) is 1. The first kappa shape index (κ1) is 18.1. The lowest BCUT2D eigenvalue weighted by atomic mass is 10.1. The van der Waals surface area contributed by atoms with Gasteiger partial charge in [0, 0.05) is 24.8 Å². The number of rotatable bonds is 5. The molecule has 0 saturated heterocycles. The van der Waals surface area contributed by atoms with Gasteiger partial charge < -0.3 is 15.8 Å². The second-order valence-electron chi connectivity index (χ2n) is 4.76. The number of halogens is 4. The Morgan fingerprint density at radius 3 is 2.71 bits per heavy atom. The van der Waals surface area contributed by atoms with E-state index < -0.39 is 12.1 Å². The van der Waals surface area contributed by atoms with Gasteiger partial charge in [0.25, 0.3) is 0 Å². The second kappa shape index (κ2) is 7.10. The van der Waals surface area contributed by atoms with E-state index in [1.54, 1.807) is 12.4 Å². The van der Waals surface area contributed by atoms with Crippen molar-refractivity contribution in [3.8, 4) is 17.0 Å². The number of nitrogens with one attached hydrogen (secondary N) is 1. The molecule has 1 aromatic heterocycles. The molecule has 0 fully saturated rings. The summed E-state index contributed by atoms with van der Waals surface area (Å²) >= 11 is 6.09. The van der Waals surface area contributed by atoms with Gasteiger partial charge in [-0.25, -0.2) is 0 Å². The van der Waals surface area contributed by atoms with E-state index in [-0.39, 0.29) is 23.9 Å². The lowest BCUT2D eigenvalue weighted by molar-refractivity contribution is -0.167. The van der Waals surface area contributed by atoms with Crippen LogP contribution in [0.25, 0.3) is 11.3 Å². The van der Waals surface area contributed by atoms with Crippen LogP contribution in [0.2, 0.25) is 5.02 Å². The molecular formula is C14H14ClF3N4O2. The molecule has 0 atom stereocenters. The first-order valence-corrected chi connectivity index (χ1v) is 7.14. The number of carbonyl (C=O) groups excluding carboxylic acids is 1. The highest BCUT2D eigenvalue weighted by molar-refractivity contribution is 6.33. The number of anilines is 1. The first-order valence-electron chi connectivity index (χ1n) is 6.77. The minimum atomic E-state index is -4.99. The summed E-state index contributed by atoms with van der Waals surface area (Å²) in [5.41, 5.74) is 6.17. The van der Waals surface area contributed by atoms with Crippen molar-refractivity contribution in [3.05, 3.63) is 29.4 Å². The average Bonchev–Trinajstić information content (AvgIpc) is 2.84. The van der Waals surface area contributed by atoms with Crippen LogP contribution in [-0.2, 0) is 11.8 Å². The summed E-state index contributed by atoms with van der Waals surface area (Å²) in [5, 5.41) is 6.06. The summed E-state index contributed by atoms with van der Waals surface area (Å²) in [6, 6.07) is 4.06. The van der Waals surface area contributed by atoms with Crippen LogP contribution < -0.4 is 15.8 Å². The normalized spacial score (nSPS) is 11.4. The quantitative estimate of drug-likeness (QED) is 0.856. The largest absolute Gasteiger partial charge is 0.492 e. The number of aryl methyl sites for hydroxylation is 1. The van der Waals surface area contributed by atoms with Crippen LogP contribution in [0.15, 0.2) is 24.4 Å². The maximum absolute atomic E-state index is 12.4. The Morgan fingerprint density at radius 1 is 1.46 bits per heavy atom. The zero-order chi connectivity index (χ0) is 17.9. The van der Waals surface area contributed by atoms with Crippen molar-refractivity contribution in [2.75, 3.05) is 18.5 Å². The Hall–Kier alpha value is -2.26. The first-order chi connectivity index (χ1) is 11.2. The summed E-state index contributed by atoms with van der Waals surface area (Å²) in [7, 11) is 1.62. The Morgan fingerprint density at radius 2 is 2.17 bits per heavy atom. The van der Waals surface area contributed by atoms with Crippen LogP contribution in [0, 0.1) is 0 Å². The monoisotopic (exact) mass is 362 g/mol. The second-order valence-corrected chi connectivity index (χ2v) is 5.17. The molecular weight excluding hydrogens is 349 g/mol. The van der Waals surface area contributed by atoms with E-state index >= 15 is 0 Å². The number of carbonyl (C=O) groups is 1. The molecule has 24 heavy (non-hydrogen) atoms. The third-order valence-corrected chi connectivity index (χ3v) is 3.30. The smallest absolute Gasteiger partial charge is 0.471 e. The minimum absolute atomic E-state index is 0.0512. The van der Waals surface area contributed by atoms with Gasteiger partial charge in [0.15, 0.2) is 0 Å². The number of amides is 1. The average molecular weight is 363 g/mol. The van der Waals surface area contributed by atoms with Crippen molar-refractivity contribution in [2.24, 2.45) is 12.8 Å². The van der Waals surface area contributed by atoms with Crippen molar-refractivity contribution in [1.82, 2.24) is 9.78 Å². The molecule has 0 aliphatic heterocycles. The zero-order valence-corrected chi connectivity index (χ0v) is 13.3. The predicted octanol–water partition coefficient (Wildman–Crippen LogP) is 2.58. The molecule has 0 unspecified atom stereocenters. The van der Waals surface area contributed by atoms with Crippen molar-refractivity contribution in [2.45, 2.75) is 6.18 Å². The fourth-order valence-corrected chi connectivity index (χ4v) is 2.27. The molecule has 1 aromatic carbocycles. The fourth-order valence-electron chi connectivity index (χ4n) is 2.00. The molecule has 130 valence electrons. The Labute approximate surface area is 140 Å². The fraction of sp³-hybridized carbons (Fsp3) is 0.286. The number of hydrogen-bond donors (Lipinski definition) is 2. The van der Waals surface area contributed by atoms with E-state index in [2.05, 4.69) is 5.10 Å². The van der Waals surface area contributed by atoms with Crippen molar-refractivity contribution >= 4 is 23.2 Å². The number of ether oxygens (including phenoxy) is 1. The molecule has 3 N–H and O–H groups in total. The van der Waals surface area contributed by atoms with E-state index in [1.807, 2.05) is 0 Å². The van der Waals surface area contributed by atoms with Gasteiger partial charge in [0.2, 0.25) is 0 Å². The highest BCUT2D eigenvalue weighted by Gasteiger charge is 2.38. The van der Waals surface area contributed by atoms with Gasteiger partial charge >= 0.3 is 12.1 Å². The molecule has 0 bridgehead atoms. The lowest BCUT2D eigenvalue weighted by Gasteiger charge is -2.14. The van der Waals surface area contributed by atoms with Crippen LogP contribution in [0.3, 0.4) is 0 Å². The number of aromatic nitrogens is 2. The molecule has 1 amide bonds. The molecule has 2 rings (SSSR count). The van der Waals surface area contributed by atoms with Crippen molar-refractivity contribution in [1.29, 1.82) is 0 Å². The maximum Gasteiger partial charge on any atom is 0.471 e. The van der Waals surface area contributed by atoms with Gasteiger partial charge in [-0.2, -0.15) is 18.3 Å². The summed E-state index contributed by atoms with van der Waals surface area (Å²) < 4.78 is 44.1. The number of hydrogen-bond acceptors (Lipinski definition) is 4. The summed E-state index contributed by atoms with van der Waals surface area (Å²) in [4.78, 5) is 11.1. The Balaban J connectivity index is 2.45. The van der Waals surface area contributed by atoms with Gasteiger partial charge in [-0.15, -0.1) is 0 Å². The number of benzene rings is 1. The Bertz CT molecular complexity index is 727. The van der Waals surface area contributed by atoms with E-state index in [0.717, 1.165) is 0 Å². The highest BCUT2D eigenvalue weighted by Crippen LogP contribution is 2.36. The van der Waals surface area contributed by atoms with Gasteiger partial charge in [-0.05, 0) is 18.2 Å². The van der Waals surface area contributed by atoms with Crippen LogP contribution in [0.1, 0.15) is 0 Å². The maximum atomic E-state index is 12.4. The van der Waals surface area contributed by atoms with Crippen LogP contribution in [-0.4, -0.2) is 35.0 Å². The number of alkyl halides is 3. The van der Waals surface area contributed by atoms with E-state index in [0.29, 0.717) is 17.0 Å². The summed E-state index contributed by atoms with van der Waals surface area (Å²) in [6.45, 7) is 0.460. The van der Waals surface area contributed by atoms with Crippen molar-refractivity contribution < 1.29 is 22.7 Å². The third-order valence-electron chi connectivity index (χ3n) is 3.02. The van der Waals surface area contributed by atoms with Crippen LogP contribution in [0.4, 0.5) is 18.9 Å². The molecule has 0 spiro atoms. The highest BCUT2D eigenvalue weighted by atomic mass is 35.5. The topological polar surface area (TPSA) is 82.2 Å². The van der Waals surface area contributed by atoms with Crippen LogP contribution in [0.5, 0.6) is 5.75 Å². The minimum Gasteiger partial charge on any atom is -0.492 e. The van der Waals surface area contributed by atoms with Gasteiger partial charge in [-0.3, -0.25) is 9.48 Å². The van der Waals surface area contributed by atoms with Gasteiger partial charge in [0.05, 0.1) is 16.9 Å².